The molecule has 0 saturated carbocycles. The molecule has 0 unspecified atom stereocenters. The molecule has 5 rings (SSSR count). The Kier molecular flexibility index (Phi) is 8.86. The van der Waals surface area contributed by atoms with Crippen LogP contribution in [0, 0.1) is 6.92 Å². The molecule has 1 saturated heterocycles. The Morgan fingerprint density at radius 2 is 1.61 bits per heavy atom. The average molecular weight is 573 g/mol. The third kappa shape index (κ3) is 6.21. The molecule has 41 heavy (non-hydrogen) atoms. The minimum atomic E-state index is -0.398. The summed E-state index contributed by atoms with van der Waals surface area (Å²) in [4.78, 5) is 42.5. The number of amides is 3. The van der Waals surface area contributed by atoms with E-state index in [9.17, 15) is 14.4 Å². The van der Waals surface area contributed by atoms with E-state index in [2.05, 4.69) is 16.0 Å². The van der Waals surface area contributed by atoms with Crippen LogP contribution in [0.3, 0.4) is 0 Å². The molecule has 3 amide bonds. The van der Waals surface area contributed by atoms with Crippen LogP contribution >= 0.6 is 11.6 Å². The lowest BCUT2D eigenvalue weighted by molar-refractivity contribution is 0.0725. The number of aromatic nitrogens is 2. The highest BCUT2D eigenvalue weighted by molar-refractivity contribution is 6.33. The summed E-state index contributed by atoms with van der Waals surface area (Å²) >= 11 is 6.14. The summed E-state index contributed by atoms with van der Waals surface area (Å²) in [6.07, 6.45) is 0.434. The molecule has 1 aliphatic rings. The fourth-order valence-electron chi connectivity index (χ4n) is 5.06. The molecule has 0 bridgehead atoms. The number of aryl methyl sites for hydroxylation is 1. The summed E-state index contributed by atoms with van der Waals surface area (Å²) in [5.41, 5.74) is 3.56. The summed E-state index contributed by atoms with van der Waals surface area (Å²) < 4.78 is 3.21. The number of urea groups is 1. The van der Waals surface area contributed by atoms with Crippen LogP contribution in [0.5, 0.6) is 0 Å². The highest BCUT2D eigenvalue weighted by Crippen LogP contribution is 2.29. The van der Waals surface area contributed by atoms with E-state index in [4.69, 9.17) is 11.6 Å². The van der Waals surface area contributed by atoms with Crippen LogP contribution in [0.2, 0.25) is 5.02 Å². The first-order valence-corrected chi connectivity index (χ1v) is 14.1. The monoisotopic (exact) mass is 572 g/mol. The molecular weight excluding hydrogens is 540 g/mol. The van der Waals surface area contributed by atoms with Gasteiger partial charge in [0.1, 0.15) is 5.69 Å². The molecule has 10 heteroatoms. The molecular formula is C31H33ClN6O3. The van der Waals surface area contributed by atoms with E-state index in [1.54, 1.807) is 38.3 Å². The van der Waals surface area contributed by atoms with Gasteiger partial charge in [-0.05, 0) is 37.1 Å². The lowest BCUT2D eigenvalue weighted by atomic mass is 10.1. The van der Waals surface area contributed by atoms with Crippen molar-refractivity contribution < 1.29 is 9.59 Å². The molecule has 1 aliphatic heterocycles. The van der Waals surface area contributed by atoms with Gasteiger partial charge in [0.2, 0.25) is 0 Å². The van der Waals surface area contributed by atoms with Crippen LogP contribution in [0.4, 0.5) is 10.5 Å². The van der Waals surface area contributed by atoms with Gasteiger partial charge in [0.25, 0.3) is 5.91 Å². The van der Waals surface area contributed by atoms with Gasteiger partial charge in [-0.1, -0.05) is 72.3 Å². The summed E-state index contributed by atoms with van der Waals surface area (Å²) in [6, 6.07) is 23.8. The van der Waals surface area contributed by atoms with Gasteiger partial charge in [-0.15, -0.1) is 0 Å². The Morgan fingerprint density at radius 1 is 0.927 bits per heavy atom. The van der Waals surface area contributed by atoms with E-state index < -0.39 is 6.03 Å². The van der Waals surface area contributed by atoms with Crippen molar-refractivity contribution in [2.45, 2.75) is 19.9 Å². The summed E-state index contributed by atoms with van der Waals surface area (Å²) in [7, 11) is 0. The molecule has 0 aliphatic carbocycles. The Balaban J connectivity index is 1.49. The van der Waals surface area contributed by atoms with Crippen molar-refractivity contribution >= 4 is 29.2 Å². The maximum Gasteiger partial charge on any atom is 0.333 e. The van der Waals surface area contributed by atoms with Gasteiger partial charge in [-0.2, -0.15) is 0 Å². The van der Waals surface area contributed by atoms with Gasteiger partial charge < -0.3 is 20.9 Å². The maximum absolute atomic E-state index is 14.2. The fourth-order valence-corrected chi connectivity index (χ4v) is 5.24. The van der Waals surface area contributed by atoms with Crippen LogP contribution in [0.25, 0.3) is 16.9 Å². The van der Waals surface area contributed by atoms with E-state index in [1.807, 2.05) is 61.5 Å². The number of benzene rings is 3. The van der Waals surface area contributed by atoms with Crippen molar-refractivity contribution in [3.8, 4) is 16.9 Å². The normalized spacial score (nSPS) is 13.2. The third-order valence-corrected chi connectivity index (χ3v) is 7.45. The molecule has 0 radical (unpaired) electrons. The van der Waals surface area contributed by atoms with E-state index in [1.165, 1.54) is 0 Å². The number of carbonyl (C=O) groups is 2. The lowest BCUT2D eigenvalue weighted by Crippen LogP contribution is -2.47. The number of carbonyl (C=O) groups excluding carboxylic acids is 2. The Bertz CT molecular complexity index is 1590. The molecule has 0 atom stereocenters. The zero-order valence-corrected chi connectivity index (χ0v) is 23.7. The van der Waals surface area contributed by atoms with Crippen molar-refractivity contribution in [2.75, 3.05) is 38.0 Å². The molecule has 3 aromatic carbocycles. The predicted molar refractivity (Wildman–Crippen MR) is 162 cm³/mol. The molecule has 2 heterocycles. The first-order valence-electron chi connectivity index (χ1n) is 13.7. The van der Waals surface area contributed by atoms with Crippen molar-refractivity contribution in [1.82, 2.24) is 24.7 Å². The molecule has 4 aromatic rings. The standard InChI is InChI=1S/C31H33ClN6O3/c1-22-10-5-8-15-26(22)38-27(23-11-3-2-4-12-23)28(29(39)36-20-17-33-18-21-36)37(31(38)41)19-9-16-34-30(40)35-25-14-7-6-13-24(25)32/h2-8,10-15,33H,9,16-21H2,1H3,(H2,34,35,40). The predicted octanol–water partition coefficient (Wildman–Crippen LogP) is 4.53. The number of nitrogens with zero attached hydrogens (tertiary/aromatic N) is 3. The lowest BCUT2D eigenvalue weighted by Gasteiger charge is -2.28. The molecule has 212 valence electrons. The van der Waals surface area contributed by atoms with Crippen LogP contribution in [-0.2, 0) is 6.54 Å². The van der Waals surface area contributed by atoms with Crippen molar-refractivity contribution in [3.05, 3.63) is 106 Å². The number of rotatable bonds is 8. The van der Waals surface area contributed by atoms with E-state index in [0.717, 1.165) is 16.8 Å². The Hall–Kier alpha value is -4.34. The second-order valence-corrected chi connectivity index (χ2v) is 10.3. The number of nitrogens with one attached hydrogen (secondary N) is 3. The van der Waals surface area contributed by atoms with Crippen LogP contribution < -0.4 is 21.6 Å². The van der Waals surface area contributed by atoms with Crippen molar-refractivity contribution in [2.24, 2.45) is 0 Å². The fraction of sp³-hybridized carbons (Fsp3) is 0.258. The van der Waals surface area contributed by atoms with Crippen LogP contribution in [0.1, 0.15) is 22.5 Å². The minimum absolute atomic E-state index is 0.181. The van der Waals surface area contributed by atoms with Gasteiger partial charge >= 0.3 is 11.7 Å². The topological polar surface area (TPSA) is 100 Å². The van der Waals surface area contributed by atoms with E-state index >= 15 is 0 Å². The zero-order chi connectivity index (χ0) is 28.8. The summed E-state index contributed by atoms with van der Waals surface area (Å²) in [5.74, 6) is -0.181. The van der Waals surface area contributed by atoms with Gasteiger partial charge in [0.05, 0.1) is 22.1 Å². The Labute approximate surface area is 243 Å². The summed E-state index contributed by atoms with van der Waals surface area (Å²) in [5, 5.41) is 9.28. The van der Waals surface area contributed by atoms with Crippen LogP contribution in [0.15, 0.2) is 83.7 Å². The first-order chi connectivity index (χ1) is 20.0. The third-order valence-electron chi connectivity index (χ3n) is 7.12. The van der Waals surface area contributed by atoms with Gasteiger partial charge in [0, 0.05) is 44.8 Å². The van der Waals surface area contributed by atoms with Crippen LogP contribution in [-0.4, -0.2) is 58.7 Å². The Morgan fingerprint density at radius 3 is 2.34 bits per heavy atom. The number of imidazole rings is 1. The van der Waals surface area contributed by atoms with E-state index in [-0.39, 0.29) is 18.1 Å². The van der Waals surface area contributed by atoms with Crippen molar-refractivity contribution in [1.29, 1.82) is 0 Å². The second-order valence-electron chi connectivity index (χ2n) is 9.88. The molecule has 1 fully saturated rings. The number of para-hydroxylation sites is 2. The van der Waals surface area contributed by atoms with Gasteiger partial charge in [0.15, 0.2) is 0 Å². The SMILES string of the molecule is Cc1ccccc1-n1c(-c2ccccc2)c(C(=O)N2CCNCC2)n(CCCNC(=O)Nc2ccccc2Cl)c1=O. The number of piperazine rings is 1. The molecule has 1 aromatic heterocycles. The maximum atomic E-state index is 14.2. The number of hydrogen-bond acceptors (Lipinski definition) is 4. The zero-order valence-electron chi connectivity index (χ0n) is 22.9. The molecule has 0 spiro atoms. The first kappa shape index (κ1) is 28.2. The van der Waals surface area contributed by atoms with Crippen molar-refractivity contribution in [3.63, 3.8) is 0 Å². The van der Waals surface area contributed by atoms with Gasteiger partial charge in [-0.25, -0.2) is 9.59 Å². The number of hydrogen-bond donors (Lipinski definition) is 3. The number of halogens is 1. The van der Waals surface area contributed by atoms with E-state index in [0.29, 0.717) is 61.2 Å². The smallest absolute Gasteiger partial charge is 0.333 e. The average Bonchev–Trinajstić information content (AvgIpc) is 3.28. The van der Waals surface area contributed by atoms with Gasteiger partial charge in [-0.3, -0.25) is 13.9 Å². The number of anilines is 1. The molecule has 3 N–H and O–H groups in total. The summed E-state index contributed by atoms with van der Waals surface area (Å²) in [6.45, 7) is 4.99. The largest absolute Gasteiger partial charge is 0.338 e. The quantitative estimate of drug-likeness (QED) is 0.270. The second kappa shape index (κ2) is 12.9. The highest BCUT2D eigenvalue weighted by atomic mass is 35.5. The minimum Gasteiger partial charge on any atom is -0.338 e. The highest BCUT2D eigenvalue weighted by Gasteiger charge is 2.31. The molecule has 9 nitrogen and oxygen atoms in total.